The van der Waals surface area contributed by atoms with Crippen LogP contribution in [0.2, 0.25) is 0 Å². The molecule has 0 radical (unpaired) electrons. The number of nitrogens with zero attached hydrogens (tertiary/aromatic N) is 3. The van der Waals surface area contributed by atoms with Crippen molar-refractivity contribution >= 4 is 11.9 Å². The van der Waals surface area contributed by atoms with Gasteiger partial charge in [0.1, 0.15) is 0 Å². The highest BCUT2D eigenvalue weighted by molar-refractivity contribution is 5.94. The number of ether oxygens (including phenoxy) is 1. The van der Waals surface area contributed by atoms with E-state index in [1.807, 2.05) is 0 Å². The molecular weight excluding hydrogens is 394 g/mol. The summed E-state index contributed by atoms with van der Waals surface area (Å²) in [6.45, 7) is 3.53. The Balaban J connectivity index is 1.87. The molecule has 0 aliphatic heterocycles. The molecule has 0 fully saturated rings. The number of pyridine rings is 1. The fourth-order valence-corrected chi connectivity index (χ4v) is 2.79. The van der Waals surface area contributed by atoms with Gasteiger partial charge in [0.25, 0.3) is 5.91 Å². The second-order valence-electron chi connectivity index (χ2n) is 6.25. The molecule has 1 aromatic carbocycles. The highest BCUT2D eigenvalue weighted by Crippen LogP contribution is 2.24. The van der Waals surface area contributed by atoms with Crippen LogP contribution in [0.1, 0.15) is 39.0 Å². The summed E-state index contributed by atoms with van der Waals surface area (Å²) >= 11 is 0. The summed E-state index contributed by atoms with van der Waals surface area (Å²) in [5.74, 6) is -3.63. The van der Waals surface area contributed by atoms with Gasteiger partial charge in [0, 0.05) is 17.3 Å². The molecular formula is C21H18F2N4O3. The number of esters is 1. The van der Waals surface area contributed by atoms with Crippen molar-refractivity contribution in [1.29, 1.82) is 0 Å². The average molecular weight is 412 g/mol. The molecule has 1 N–H and O–H groups in total. The van der Waals surface area contributed by atoms with Crippen LogP contribution in [0.3, 0.4) is 0 Å². The molecule has 0 bridgehead atoms. The predicted molar refractivity (Wildman–Crippen MR) is 103 cm³/mol. The van der Waals surface area contributed by atoms with E-state index in [0.717, 1.165) is 6.07 Å². The molecule has 3 aromatic rings. The first-order chi connectivity index (χ1) is 14.4. The first-order valence-corrected chi connectivity index (χ1v) is 9.09. The summed E-state index contributed by atoms with van der Waals surface area (Å²) in [7, 11) is 0. The van der Waals surface area contributed by atoms with E-state index in [-0.39, 0.29) is 13.2 Å². The Labute approximate surface area is 171 Å². The molecule has 0 aliphatic carbocycles. The number of hydrogen-bond donors (Lipinski definition) is 1. The van der Waals surface area contributed by atoms with Crippen LogP contribution in [0.4, 0.5) is 8.78 Å². The van der Waals surface area contributed by atoms with Crippen LogP contribution in [0.5, 0.6) is 0 Å². The zero-order valence-electron chi connectivity index (χ0n) is 16.3. The Hall–Kier alpha value is -3.75. The van der Waals surface area contributed by atoms with Crippen molar-refractivity contribution in [1.82, 2.24) is 20.5 Å². The van der Waals surface area contributed by atoms with Gasteiger partial charge in [0.2, 0.25) is 0 Å². The third-order valence-corrected chi connectivity index (χ3v) is 4.30. The molecule has 30 heavy (non-hydrogen) atoms. The predicted octanol–water partition coefficient (Wildman–Crippen LogP) is 3.23. The average Bonchev–Trinajstić information content (AvgIpc) is 2.74. The lowest BCUT2D eigenvalue weighted by atomic mass is 10.0. The van der Waals surface area contributed by atoms with Crippen LogP contribution in [-0.2, 0) is 11.3 Å². The van der Waals surface area contributed by atoms with E-state index in [1.165, 1.54) is 18.3 Å². The molecule has 3 rings (SSSR count). The fourth-order valence-electron chi connectivity index (χ4n) is 2.79. The van der Waals surface area contributed by atoms with Crippen molar-refractivity contribution in [3.63, 3.8) is 0 Å². The number of benzene rings is 1. The number of aryl methyl sites for hydroxylation is 1. The van der Waals surface area contributed by atoms with Gasteiger partial charge >= 0.3 is 5.97 Å². The standard InChI is InChI=1S/C21H18F2N4O3/c1-3-30-21(29)16-9-13(10-24-12(16)2)14-7-8-26-27-18(14)11-25-20(28)15-5-4-6-17(22)19(15)23/h4-10H,3,11H2,1-2H3,(H,25,28). The number of aromatic nitrogens is 3. The summed E-state index contributed by atoms with van der Waals surface area (Å²) in [5, 5.41) is 10.3. The summed E-state index contributed by atoms with van der Waals surface area (Å²) in [5.41, 5.74) is 1.91. The number of halogens is 2. The highest BCUT2D eigenvalue weighted by atomic mass is 19.2. The molecule has 2 heterocycles. The van der Waals surface area contributed by atoms with Gasteiger partial charge in [-0.3, -0.25) is 9.78 Å². The Morgan fingerprint density at radius 1 is 1.17 bits per heavy atom. The Bertz CT molecular complexity index is 1110. The second-order valence-corrected chi connectivity index (χ2v) is 6.25. The molecule has 1 amide bonds. The summed E-state index contributed by atoms with van der Waals surface area (Å²) in [6, 6.07) is 6.63. The third-order valence-electron chi connectivity index (χ3n) is 4.30. The van der Waals surface area contributed by atoms with Crippen molar-refractivity contribution in [3.8, 4) is 11.1 Å². The van der Waals surface area contributed by atoms with E-state index in [9.17, 15) is 18.4 Å². The van der Waals surface area contributed by atoms with Gasteiger partial charge in [-0.15, -0.1) is 0 Å². The molecule has 7 nitrogen and oxygen atoms in total. The van der Waals surface area contributed by atoms with Crippen molar-refractivity contribution in [3.05, 3.63) is 76.9 Å². The molecule has 0 aliphatic rings. The van der Waals surface area contributed by atoms with E-state index >= 15 is 0 Å². The molecule has 0 saturated heterocycles. The van der Waals surface area contributed by atoms with Gasteiger partial charge in [-0.1, -0.05) is 6.07 Å². The van der Waals surface area contributed by atoms with Gasteiger partial charge in [-0.25, -0.2) is 13.6 Å². The maximum absolute atomic E-state index is 13.8. The number of amides is 1. The summed E-state index contributed by atoms with van der Waals surface area (Å²) < 4.78 is 32.2. The van der Waals surface area contributed by atoms with Crippen LogP contribution in [0.25, 0.3) is 11.1 Å². The SMILES string of the molecule is CCOC(=O)c1cc(-c2ccnnc2CNC(=O)c2cccc(F)c2F)cnc1C. The minimum Gasteiger partial charge on any atom is -0.462 e. The molecule has 0 atom stereocenters. The minimum atomic E-state index is -1.23. The van der Waals surface area contributed by atoms with Gasteiger partial charge < -0.3 is 10.1 Å². The lowest BCUT2D eigenvalue weighted by Gasteiger charge is -2.11. The van der Waals surface area contributed by atoms with Crippen LogP contribution >= 0.6 is 0 Å². The lowest BCUT2D eigenvalue weighted by Crippen LogP contribution is -2.25. The maximum atomic E-state index is 13.8. The van der Waals surface area contributed by atoms with Crippen LogP contribution in [0, 0.1) is 18.6 Å². The first-order valence-electron chi connectivity index (χ1n) is 9.09. The molecule has 0 saturated carbocycles. The summed E-state index contributed by atoms with van der Waals surface area (Å²) in [4.78, 5) is 28.6. The van der Waals surface area contributed by atoms with Gasteiger partial charge in [0.15, 0.2) is 11.6 Å². The number of carbonyl (C=O) groups excluding carboxylic acids is 2. The Kier molecular flexibility index (Phi) is 6.41. The Morgan fingerprint density at radius 2 is 1.97 bits per heavy atom. The second kappa shape index (κ2) is 9.17. The summed E-state index contributed by atoms with van der Waals surface area (Å²) in [6.07, 6.45) is 3.02. The van der Waals surface area contributed by atoms with E-state index in [0.29, 0.717) is 28.1 Å². The largest absolute Gasteiger partial charge is 0.462 e. The van der Waals surface area contributed by atoms with Crippen molar-refractivity contribution in [2.45, 2.75) is 20.4 Å². The third kappa shape index (κ3) is 4.45. The molecule has 2 aromatic heterocycles. The monoisotopic (exact) mass is 412 g/mol. The topological polar surface area (TPSA) is 94.1 Å². The number of carbonyl (C=O) groups is 2. The number of hydrogen-bond acceptors (Lipinski definition) is 6. The first kappa shape index (κ1) is 21.0. The molecule has 154 valence electrons. The van der Waals surface area contributed by atoms with Crippen molar-refractivity contribution in [2.75, 3.05) is 6.61 Å². The normalized spacial score (nSPS) is 10.5. The van der Waals surface area contributed by atoms with Crippen molar-refractivity contribution in [2.24, 2.45) is 0 Å². The van der Waals surface area contributed by atoms with E-state index in [4.69, 9.17) is 4.74 Å². The lowest BCUT2D eigenvalue weighted by molar-refractivity contribution is 0.0525. The highest BCUT2D eigenvalue weighted by Gasteiger charge is 2.18. The Morgan fingerprint density at radius 3 is 2.73 bits per heavy atom. The number of nitrogens with one attached hydrogen (secondary N) is 1. The fraction of sp³-hybridized carbons (Fsp3) is 0.190. The minimum absolute atomic E-state index is 0.0967. The molecule has 9 heteroatoms. The van der Waals surface area contributed by atoms with Gasteiger partial charge in [-0.2, -0.15) is 10.2 Å². The zero-order chi connectivity index (χ0) is 21.7. The van der Waals surface area contributed by atoms with Crippen LogP contribution in [0.15, 0.2) is 42.7 Å². The quantitative estimate of drug-likeness (QED) is 0.625. The van der Waals surface area contributed by atoms with Crippen LogP contribution < -0.4 is 5.32 Å². The van der Waals surface area contributed by atoms with E-state index < -0.39 is 29.1 Å². The van der Waals surface area contributed by atoms with Crippen molar-refractivity contribution < 1.29 is 23.1 Å². The van der Waals surface area contributed by atoms with Gasteiger partial charge in [0.05, 0.1) is 41.9 Å². The van der Waals surface area contributed by atoms with E-state index in [2.05, 4.69) is 20.5 Å². The zero-order valence-corrected chi connectivity index (χ0v) is 16.3. The number of rotatable bonds is 6. The molecule has 0 spiro atoms. The van der Waals surface area contributed by atoms with Crippen LogP contribution in [-0.4, -0.2) is 33.7 Å². The van der Waals surface area contributed by atoms with Gasteiger partial charge in [-0.05, 0) is 38.1 Å². The smallest absolute Gasteiger partial charge is 0.339 e. The van der Waals surface area contributed by atoms with E-state index in [1.54, 1.807) is 32.2 Å². The maximum Gasteiger partial charge on any atom is 0.339 e. The molecule has 0 unspecified atom stereocenters.